The second kappa shape index (κ2) is 6.30. The standard InChI is InChI=1S/C19H22FNO2S/c1-2-19(13-21)10-4-5-14-11-17(8-9-18(14)19)24(22,23)16-7-3-6-15(20)12-16/h3,6-9,11-12H,2,4-5,10,13,21H2,1H3. The van der Waals surface area contributed by atoms with Crippen molar-refractivity contribution < 1.29 is 12.8 Å². The summed E-state index contributed by atoms with van der Waals surface area (Å²) in [5.41, 5.74) is 8.19. The minimum atomic E-state index is -3.72. The smallest absolute Gasteiger partial charge is 0.206 e. The first-order valence-corrected chi connectivity index (χ1v) is 9.75. The van der Waals surface area contributed by atoms with Crippen molar-refractivity contribution in [3.05, 3.63) is 59.4 Å². The maximum atomic E-state index is 13.4. The zero-order valence-corrected chi connectivity index (χ0v) is 14.6. The van der Waals surface area contributed by atoms with Gasteiger partial charge in [0.1, 0.15) is 5.82 Å². The summed E-state index contributed by atoms with van der Waals surface area (Å²) in [6.45, 7) is 2.69. The molecule has 2 N–H and O–H groups in total. The van der Waals surface area contributed by atoms with Gasteiger partial charge in [0.2, 0.25) is 9.84 Å². The normalized spacial score (nSPS) is 20.6. The van der Waals surface area contributed by atoms with Gasteiger partial charge < -0.3 is 5.73 Å². The third kappa shape index (κ3) is 2.76. The average molecular weight is 347 g/mol. The first-order valence-electron chi connectivity index (χ1n) is 8.27. The average Bonchev–Trinajstić information content (AvgIpc) is 2.60. The van der Waals surface area contributed by atoms with Crippen LogP contribution in [0.3, 0.4) is 0 Å². The van der Waals surface area contributed by atoms with E-state index in [1.807, 2.05) is 6.07 Å². The molecule has 0 spiro atoms. The fourth-order valence-electron chi connectivity index (χ4n) is 3.71. The van der Waals surface area contributed by atoms with E-state index in [4.69, 9.17) is 5.73 Å². The van der Waals surface area contributed by atoms with Crippen LogP contribution in [-0.2, 0) is 21.7 Å². The van der Waals surface area contributed by atoms with E-state index in [0.29, 0.717) is 6.54 Å². The quantitative estimate of drug-likeness (QED) is 0.919. The summed E-state index contributed by atoms with van der Waals surface area (Å²) in [6.07, 6.45) is 3.82. The van der Waals surface area contributed by atoms with Crippen LogP contribution in [0, 0.1) is 5.82 Å². The minimum absolute atomic E-state index is 0.0150. The molecule has 5 heteroatoms. The van der Waals surface area contributed by atoms with E-state index in [1.165, 1.54) is 18.2 Å². The first kappa shape index (κ1) is 17.1. The van der Waals surface area contributed by atoms with Crippen molar-refractivity contribution >= 4 is 9.84 Å². The Balaban J connectivity index is 2.09. The van der Waals surface area contributed by atoms with E-state index in [1.54, 1.807) is 12.1 Å². The van der Waals surface area contributed by atoms with E-state index in [0.717, 1.165) is 42.9 Å². The molecule has 1 unspecified atom stereocenters. The first-order chi connectivity index (χ1) is 11.4. The largest absolute Gasteiger partial charge is 0.330 e. The molecular weight excluding hydrogens is 325 g/mol. The van der Waals surface area contributed by atoms with Gasteiger partial charge in [-0.1, -0.05) is 19.1 Å². The molecule has 2 aromatic carbocycles. The number of halogens is 1. The molecule has 0 saturated heterocycles. The lowest BCUT2D eigenvalue weighted by Crippen LogP contribution is -2.38. The molecule has 0 fully saturated rings. The summed E-state index contributed by atoms with van der Waals surface area (Å²) >= 11 is 0. The van der Waals surface area contributed by atoms with Crippen molar-refractivity contribution in [3.8, 4) is 0 Å². The van der Waals surface area contributed by atoms with Gasteiger partial charge >= 0.3 is 0 Å². The summed E-state index contributed by atoms with van der Waals surface area (Å²) in [5.74, 6) is -0.554. The van der Waals surface area contributed by atoms with E-state index >= 15 is 0 Å². The Bertz CT molecular complexity index is 857. The Labute approximate surface area is 142 Å². The molecule has 1 atom stereocenters. The fourth-order valence-corrected chi connectivity index (χ4v) is 5.05. The third-order valence-corrected chi connectivity index (χ3v) is 6.98. The summed E-state index contributed by atoms with van der Waals surface area (Å²) in [4.78, 5) is 0.203. The number of aryl methyl sites for hydroxylation is 1. The Morgan fingerprint density at radius 1 is 1.17 bits per heavy atom. The predicted molar refractivity (Wildman–Crippen MR) is 92.3 cm³/mol. The molecule has 2 aromatic rings. The lowest BCUT2D eigenvalue weighted by Gasteiger charge is -2.38. The Kier molecular flexibility index (Phi) is 4.49. The highest BCUT2D eigenvalue weighted by molar-refractivity contribution is 7.91. The summed E-state index contributed by atoms with van der Waals surface area (Å²) in [5, 5.41) is 0. The Morgan fingerprint density at radius 3 is 2.58 bits per heavy atom. The molecule has 3 rings (SSSR count). The van der Waals surface area contributed by atoms with E-state index < -0.39 is 15.7 Å². The van der Waals surface area contributed by atoms with Gasteiger partial charge in [0.15, 0.2) is 0 Å². The number of nitrogens with two attached hydrogens (primary N) is 1. The van der Waals surface area contributed by atoms with Gasteiger partial charge in [-0.2, -0.15) is 0 Å². The molecule has 1 aliphatic carbocycles. The van der Waals surface area contributed by atoms with Crippen LogP contribution in [0.2, 0.25) is 0 Å². The van der Waals surface area contributed by atoms with Crippen molar-refractivity contribution in [2.24, 2.45) is 5.73 Å². The van der Waals surface area contributed by atoms with Crippen LogP contribution in [-0.4, -0.2) is 15.0 Å². The Hall–Kier alpha value is -1.72. The molecule has 3 nitrogen and oxygen atoms in total. The van der Waals surface area contributed by atoms with Crippen molar-refractivity contribution in [2.45, 2.75) is 47.8 Å². The van der Waals surface area contributed by atoms with Gasteiger partial charge in [0.25, 0.3) is 0 Å². The zero-order valence-electron chi connectivity index (χ0n) is 13.8. The van der Waals surface area contributed by atoms with Crippen LogP contribution in [0.1, 0.15) is 37.3 Å². The molecule has 0 aromatic heterocycles. The molecule has 0 aliphatic heterocycles. The van der Waals surface area contributed by atoms with Crippen LogP contribution in [0.25, 0.3) is 0 Å². The molecule has 0 amide bonds. The number of hydrogen-bond donors (Lipinski definition) is 1. The summed E-state index contributed by atoms with van der Waals surface area (Å²) in [7, 11) is -3.72. The van der Waals surface area contributed by atoms with Crippen LogP contribution in [0.15, 0.2) is 52.3 Å². The maximum Gasteiger partial charge on any atom is 0.206 e. The van der Waals surface area contributed by atoms with Gasteiger partial charge in [0.05, 0.1) is 9.79 Å². The highest BCUT2D eigenvalue weighted by atomic mass is 32.2. The second-order valence-corrected chi connectivity index (χ2v) is 8.42. The van der Waals surface area contributed by atoms with Crippen LogP contribution in [0.4, 0.5) is 4.39 Å². The molecule has 0 bridgehead atoms. The predicted octanol–water partition coefficient (Wildman–Crippen LogP) is 3.60. The monoisotopic (exact) mass is 347 g/mol. The van der Waals surface area contributed by atoms with E-state index in [9.17, 15) is 12.8 Å². The lowest BCUT2D eigenvalue weighted by molar-refractivity contribution is 0.356. The summed E-state index contributed by atoms with van der Waals surface area (Å²) in [6, 6.07) is 10.4. The van der Waals surface area contributed by atoms with Gasteiger partial charge in [-0.15, -0.1) is 0 Å². The number of hydrogen-bond acceptors (Lipinski definition) is 3. The third-order valence-electron chi connectivity index (χ3n) is 5.23. The molecule has 0 radical (unpaired) electrons. The highest BCUT2D eigenvalue weighted by Gasteiger charge is 2.34. The highest BCUT2D eigenvalue weighted by Crippen LogP contribution is 2.40. The number of fused-ring (bicyclic) bond motifs is 1. The second-order valence-electron chi connectivity index (χ2n) is 6.47. The molecule has 24 heavy (non-hydrogen) atoms. The topological polar surface area (TPSA) is 60.2 Å². The van der Waals surface area contributed by atoms with Crippen molar-refractivity contribution in [1.29, 1.82) is 0 Å². The van der Waals surface area contributed by atoms with Crippen LogP contribution < -0.4 is 5.73 Å². The van der Waals surface area contributed by atoms with Crippen molar-refractivity contribution in [3.63, 3.8) is 0 Å². The van der Waals surface area contributed by atoms with Gasteiger partial charge in [-0.3, -0.25) is 0 Å². The van der Waals surface area contributed by atoms with Crippen molar-refractivity contribution in [1.82, 2.24) is 0 Å². The van der Waals surface area contributed by atoms with Gasteiger partial charge in [0, 0.05) is 12.0 Å². The van der Waals surface area contributed by atoms with E-state index in [-0.39, 0.29) is 15.2 Å². The Morgan fingerprint density at radius 2 is 1.92 bits per heavy atom. The van der Waals surface area contributed by atoms with Gasteiger partial charge in [-0.25, -0.2) is 12.8 Å². The molecule has 1 aliphatic rings. The minimum Gasteiger partial charge on any atom is -0.330 e. The maximum absolute atomic E-state index is 13.4. The summed E-state index contributed by atoms with van der Waals surface area (Å²) < 4.78 is 39.0. The number of benzene rings is 2. The number of sulfone groups is 1. The van der Waals surface area contributed by atoms with Crippen molar-refractivity contribution in [2.75, 3.05) is 6.54 Å². The molecular formula is C19H22FNO2S. The van der Waals surface area contributed by atoms with Crippen LogP contribution >= 0.6 is 0 Å². The number of rotatable bonds is 4. The molecule has 0 heterocycles. The van der Waals surface area contributed by atoms with Crippen LogP contribution in [0.5, 0.6) is 0 Å². The lowest BCUT2D eigenvalue weighted by atomic mass is 9.68. The molecule has 0 saturated carbocycles. The molecule has 128 valence electrons. The SMILES string of the molecule is CCC1(CN)CCCc2cc(S(=O)(=O)c3cccc(F)c3)ccc21. The van der Waals surface area contributed by atoms with Gasteiger partial charge in [-0.05, 0) is 67.1 Å². The zero-order chi connectivity index (χ0) is 17.4. The van der Waals surface area contributed by atoms with E-state index in [2.05, 4.69) is 6.92 Å². The fraction of sp³-hybridized carbons (Fsp3) is 0.368.